The summed E-state index contributed by atoms with van der Waals surface area (Å²) in [5, 5.41) is 51.1. The van der Waals surface area contributed by atoms with Gasteiger partial charge in [0, 0.05) is 17.8 Å². The molecule has 7 atom stereocenters. The van der Waals surface area contributed by atoms with Gasteiger partial charge in [-0.2, -0.15) is 0 Å². The number of carboxylic acid groups (broad SMARTS) is 1. The summed E-state index contributed by atoms with van der Waals surface area (Å²) in [6, 6.07) is 0.196. The number of hydrogen-bond donors (Lipinski definition) is 6. The van der Waals surface area contributed by atoms with Gasteiger partial charge in [-0.3, -0.25) is 4.79 Å². The van der Waals surface area contributed by atoms with E-state index in [9.17, 15) is 25.2 Å². The maximum atomic E-state index is 10.6. The van der Waals surface area contributed by atoms with Crippen LogP contribution in [0.15, 0.2) is 0 Å². The SMILES string of the molecule is O=C(O)CCNC1CCCCC([C@@H]2S[C@H](CO)[C@H](O)[C@H](O)[C@H]2O)C1. The number of aliphatic carboxylic acids is 1. The fraction of sp³-hybridized carbons (Fsp3) is 0.938. The van der Waals surface area contributed by atoms with Gasteiger partial charge in [0.25, 0.3) is 0 Å². The lowest BCUT2D eigenvalue weighted by molar-refractivity contribution is -0.136. The Kier molecular flexibility index (Phi) is 7.77. The van der Waals surface area contributed by atoms with Gasteiger partial charge in [-0.05, 0) is 25.2 Å². The molecule has 1 heterocycles. The molecule has 2 unspecified atom stereocenters. The molecule has 1 saturated heterocycles. The maximum absolute atomic E-state index is 10.6. The van der Waals surface area contributed by atoms with Crippen molar-refractivity contribution in [3.05, 3.63) is 0 Å². The Labute approximate surface area is 146 Å². The summed E-state index contributed by atoms with van der Waals surface area (Å²) in [6.07, 6.45) is 1.46. The smallest absolute Gasteiger partial charge is 0.304 e. The van der Waals surface area contributed by atoms with Gasteiger partial charge in [0.1, 0.15) is 6.10 Å². The third-order valence-electron chi connectivity index (χ3n) is 5.13. The number of aliphatic hydroxyl groups excluding tert-OH is 4. The zero-order valence-electron chi connectivity index (χ0n) is 13.8. The molecule has 8 heteroatoms. The molecule has 0 amide bonds. The normalized spacial score (nSPS) is 40.9. The van der Waals surface area contributed by atoms with E-state index >= 15 is 0 Å². The van der Waals surface area contributed by atoms with E-state index in [0.717, 1.165) is 32.1 Å². The highest BCUT2D eigenvalue weighted by atomic mass is 32.2. The number of thioether (sulfide) groups is 1. The van der Waals surface area contributed by atoms with Crippen molar-refractivity contribution in [1.82, 2.24) is 5.32 Å². The summed E-state index contributed by atoms with van der Waals surface area (Å²) in [4.78, 5) is 10.6. The van der Waals surface area contributed by atoms with Crippen molar-refractivity contribution in [1.29, 1.82) is 0 Å². The minimum atomic E-state index is -1.24. The zero-order valence-corrected chi connectivity index (χ0v) is 14.6. The quantitative estimate of drug-likeness (QED) is 0.350. The molecule has 2 aliphatic rings. The second-order valence-electron chi connectivity index (χ2n) is 6.87. The molecule has 0 radical (unpaired) electrons. The lowest BCUT2D eigenvalue weighted by Gasteiger charge is -2.43. The molecule has 1 aliphatic heterocycles. The van der Waals surface area contributed by atoms with Gasteiger partial charge in [0.2, 0.25) is 0 Å². The van der Waals surface area contributed by atoms with Crippen LogP contribution in [0.1, 0.15) is 38.5 Å². The Morgan fingerprint density at radius 2 is 1.79 bits per heavy atom. The molecule has 0 bridgehead atoms. The molecule has 0 aromatic heterocycles. The highest BCUT2D eigenvalue weighted by Gasteiger charge is 2.46. The van der Waals surface area contributed by atoms with Crippen LogP contribution in [-0.4, -0.2) is 79.5 Å². The first-order chi connectivity index (χ1) is 11.4. The van der Waals surface area contributed by atoms with Gasteiger partial charge in [-0.15, -0.1) is 11.8 Å². The third-order valence-corrected chi connectivity index (χ3v) is 6.89. The average molecular weight is 363 g/mol. The summed E-state index contributed by atoms with van der Waals surface area (Å²) < 4.78 is 0. The summed E-state index contributed by atoms with van der Waals surface area (Å²) >= 11 is 1.37. The first-order valence-electron chi connectivity index (χ1n) is 8.69. The van der Waals surface area contributed by atoms with Crippen molar-refractivity contribution in [2.45, 2.75) is 73.4 Å². The molecule has 0 aromatic rings. The van der Waals surface area contributed by atoms with Gasteiger partial charge < -0.3 is 30.8 Å². The van der Waals surface area contributed by atoms with E-state index in [0.29, 0.717) is 6.54 Å². The lowest BCUT2D eigenvalue weighted by Crippen LogP contribution is -2.56. The predicted molar refractivity (Wildman–Crippen MR) is 90.9 cm³/mol. The van der Waals surface area contributed by atoms with E-state index in [1.807, 2.05) is 0 Å². The molecule has 1 aliphatic carbocycles. The standard InChI is InChI=1S/C16H29NO6S/c18-8-11-13(21)14(22)15(23)16(24-11)9-3-1-2-4-10(7-9)17-6-5-12(19)20/h9-11,13-18,21-23H,1-8H2,(H,19,20)/t9?,10?,11-,13+,14+,15-,16+/m1/s1. The Balaban J connectivity index is 1.98. The minimum Gasteiger partial charge on any atom is -0.481 e. The molecule has 24 heavy (non-hydrogen) atoms. The van der Waals surface area contributed by atoms with Crippen LogP contribution in [0.5, 0.6) is 0 Å². The van der Waals surface area contributed by atoms with Gasteiger partial charge in [-0.25, -0.2) is 0 Å². The van der Waals surface area contributed by atoms with Crippen LogP contribution in [-0.2, 0) is 4.79 Å². The van der Waals surface area contributed by atoms with E-state index in [1.165, 1.54) is 11.8 Å². The number of nitrogens with one attached hydrogen (secondary N) is 1. The minimum absolute atomic E-state index is 0.0828. The van der Waals surface area contributed by atoms with Crippen molar-refractivity contribution in [2.75, 3.05) is 13.2 Å². The van der Waals surface area contributed by atoms with Gasteiger partial charge >= 0.3 is 5.97 Å². The van der Waals surface area contributed by atoms with Crippen LogP contribution in [0.3, 0.4) is 0 Å². The largest absolute Gasteiger partial charge is 0.481 e. The molecule has 2 rings (SSSR count). The highest BCUT2D eigenvalue weighted by Crippen LogP contribution is 2.41. The Bertz CT molecular complexity index is 410. The fourth-order valence-electron chi connectivity index (χ4n) is 3.79. The first kappa shape index (κ1) is 19.9. The number of rotatable bonds is 6. The molecular formula is C16H29NO6S. The zero-order chi connectivity index (χ0) is 17.7. The van der Waals surface area contributed by atoms with Crippen molar-refractivity contribution in [2.24, 2.45) is 5.92 Å². The average Bonchev–Trinajstić information content (AvgIpc) is 2.78. The predicted octanol–water partition coefficient (Wildman–Crippen LogP) is -0.441. The van der Waals surface area contributed by atoms with Crippen molar-refractivity contribution < 1.29 is 30.3 Å². The van der Waals surface area contributed by atoms with Crippen molar-refractivity contribution in [3.63, 3.8) is 0 Å². The number of carboxylic acids is 1. The molecule has 1 saturated carbocycles. The van der Waals surface area contributed by atoms with Crippen LogP contribution < -0.4 is 5.32 Å². The monoisotopic (exact) mass is 363 g/mol. The maximum Gasteiger partial charge on any atom is 0.304 e. The third kappa shape index (κ3) is 5.06. The van der Waals surface area contributed by atoms with Crippen LogP contribution in [0, 0.1) is 5.92 Å². The fourth-order valence-corrected chi connectivity index (χ4v) is 5.39. The van der Waals surface area contributed by atoms with Crippen LogP contribution in [0.2, 0.25) is 0 Å². The van der Waals surface area contributed by atoms with Gasteiger partial charge in [0.05, 0.1) is 30.5 Å². The molecule has 140 valence electrons. The summed E-state index contributed by atoms with van der Waals surface area (Å²) in [5.41, 5.74) is 0. The summed E-state index contributed by atoms with van der Waals surface area (Å²) in [7, 11) is 0. The second kappa shape index (κ2) is 9.35. The molecule has 6 N–H and O–H groups in total. The second-order valence-corrected chi connectivity index (χ2v) is 8.29. The van der Waals surface area contributed by atoms with Gasteiger partial charge in [-0.1, -0.05) is 12.8 Å². The van der Waals surface area contributed by atoms with Crippen LogP contribution >= 0.6 is 11.8 Å². The topological polar surface area (TPSA) is 130 Å². The van der Waals surface area contributed by atoms with Crippen LogP contribution in [0.4, 0.5) is 0 Å². The van der Waals surface area contributed by atoms with E-state index in [2.05, 4.69) is 5.32 Å². The lowest BCUT2D eigenvalue weighted by atomic mass is 9.87. The highest BCUT2D eigenvalue weighted by molar-refractivity contribution is 8.00. The van der Waals surface area contributed by atoms with Gasteiger partial charge in [0.15, 0.2) is 0 Å². The molecule has 2 fully saturated rings. The number of carbonyl (C=O) groups is 1. The van der Waals surface area contributed by atoms with E-state index < -0.39 is 29.5 Å². The van der Waals surface area contributed by atoms with E-state index in [-0.39, 0.29) is 30.2 Å². The first-order valence-corrected chi connectivity index (χ1v) is 9.64. The van der Waals surface area contributed by atoms with Crippen molar-refractivity contribution in [3.8, 4) is 0 Å². The van der Waals surface area contributed by atoms with Crippen molar-refractivity contribution >= 4 is 17.7 Å². The Hall–Kier alpha value is -0.380. The Morgan fingerprint density at radius 1 is 1.08 bits per heavy atom. The van der Waals surface area contributed by atoms with E-state index in [1.54, 1.807) is 0 Å². The molecule has 7 nitrogen and oxygen atoms in total. The summed E-state index contributed by atoms with van der Waals surface area (Å²) in [6.45, 7) is 0.187. The molecule has 0 spiro atoms. The molecule has 0 aromatic carbocycles. The Morgan fingerprint density at radius 3 is 2.46 bits per heavy atom. The molecular weight excluding hydrogens is 334 g/mol. The van der Waals surface area contributed by atoms with E-state index in [4.69, 9.17) is 5.11 Å². The number of hydrogen-bond acceptors (Lipinski definition) is 7. The summed E-state index contributed by atoms with van der Waals surface area (Å²) in [5.74, 6) is -0.667. The van der Waals surface area contributed by atoms with Crippen LogP contribution in [0.25, 0.3) is 0 Å². The number of aliphatic hydroxyl groups is 4.